The molecule has 0 spiro atoms. The molecule has 0 radical (unpaired) electrons. The van der Waals surface area contributed by atoms with Crippen LogP contribution in [0.3, 0.4) is 0 Å². The van der Waals surface area contributed by atoms with Crippen LogP contribution in [-0.2, 0) is 19.6 Å². The Morgan fingerprint density at radius 2 is 1.96 bits per heavy atom. The molecule has 1 saturated heterocycles. The van der Waals surface area contributed by atoms with Gasteiger partial charge in [-0.2, -0.15) is 0 Å². The number of hydrogen-bond acceptors (Lipinski definition) is 5. The lowest BCUT2D eigenvalue weighted by Crippen LogP contribution is -2.43. The van der Waals surface area contributed by atoms with Crippen molar-refractivity contribution in [2.75, 3.05) is 44.3 Å². The molecule has 0 aromatic heterocycles. The number of sulfonamides is 1. The number of amides is 2. The molecule has 2 N–H and O–H groups in total. The molecule has 8 nitrogen and oxygen atoms in total. The van der Waals surface area contributed by atoms with Gasteiger partial charge in [-0.25, -0.2) is 8.42 Å². The SMILES string of the molecule is COCCCNC(=O)C1CCN(C(=O)c2cccc(NS(C)(=O)=O)c2)CC1. The number of anilines is 1. The average molecular weight is 397 g/mol. The van der Waals surface area contributed by atoms with E-state index in [0.29, 0.717) is 50.3 Å². The molecule has 9 heteroatoms. The predicted octanol–water partition coefficient (Wildman–Crippen LogP) is 1.06. The number of likely N-dealkylation sites (tertiary alicyclic amines) is 1. The van der Waals surface area contributed by atoms with Gasteiger partial charge in [0.1, 0.15) is 0 Å². The van der Waals surface area contributed by atoms with E-state index in [-0.39, 0.29) is 17.7 Å². The van der Waals surface area contributed by atoms with Crippen LogP contribution in [0.5, 0.6) is 0 Å². The van der Waals surface area contributed by atoms with Crippen molar-refractivity contribution in [1.82, 2.24) is 10.2 Å². The lowest BCUT2D eigenvalue weighted by atomic mass is 9.95. The first-order chi connectivity index (χ1) is 12.8. The number of nitrogens with zero attached hydrogens (tertiary/aromatic N) is 1. The van der Waals surface area contributed by atoms with Crippen molar-refractivity contribution in [3.8, 4) is 0 Å². The minimum Gasteiger partial charge on any atom is -0.385 e. The molecule has 150 valence electrons. The summed E-state index contributed by atoms with van der Waals surface area (Å²) in [5.74, 6) is -0.224. The molecule has 0 saturated carbocycles. The largest absolute Gasteiger partial charge is 0.385 e. The van der Waals surface area contributed by atoms with Crippen LogP contribution in [-0.4, -0.2) is 64.7 Å². The normalized spacial score (nSPS) is 15.4. The minimum absolute atomic E-state index is 0.0255. The molecule has 1 aromatic carbocycles. The van der Waals surface area contributed by atoms with Gasteiger partial charge in [0, 0.05) is 50.5 Å². The Bertz CT molecular complexity index is 758. The highest BCUT2D eigenvalue weighted by Gasteiger charge is 2.27. The third-order valence-electron chi connectivity index (χ3n) is 4.39. The van der Waals surface area contributed by atoms with Crippen molar-refractivity contribution in [2.45, 2.75) is 19.3 Å². The molecular weight excluding hydrogens is 370 g/mol. The summed E-state index contributed by atoms with van der Waals surface area (Å²) in [5, 5.41) is 2.90. The highest BCUT2D eigenvalue weighted by Crippen LogP contribution is 2.20. The minimum atomic E-state index is -3.40. The fraction of sp³-hybridized carbons (Fsp3) is 0.556. The van der Waals surface area contributed by atoms with Crippen molar-refractivity contribution in [3.05, 3.63) is 29.8 Å². The number of carbonyl (C=O) groups is 2. The Morgan fingerprint density at radius 3 is 2.59 bits per heavy atom. The molecule has 1 aliphatic rings. The van der Waals surface area contributed by atoms with Gasteiger partial charge in [-0.1, -0.05) is 6.07 Å². The highest BCUT2D eigenvalue weighted by molar-refractivity contribution is 7.92. The Labute approximate surface area is 160 Å². The van der Waals surface area contributed by atoms with Gasteiger partial charge in [0.2, 0.25) is 15.9 Å². The third-order valence-corrected chi connectivity index (χ3v) is 5.00. The van der Waals surface area contributed by atoms with Gasteiger partial charge < -0.3 is 15.0 Å². The van der Waals surface area contributed by atoms with Crippen molar-refractivity contribution in [3.63, 3.8) is 0 Å². The Hall–Kier alpha value is -2.13. The van der Waals surface area contributed by atoms with E-state index < -0.39 is 10.0 Å². The van der Waals surface area contributed by atoms with Crippen molar-refractivity contribution >= 4 is 27.5 Å². The third kappa shape index (κ3) is 6.84. The van der Waals surface area contributed by atoms with Crippen LogP contribution in [0.2, 0.25) is 0 Å². The molecular formula is C18H27N3O5S. The lowest BCUT2D eigenvalue weighted by molar-refractivity contribution is -0.126. The Kier molecular flexibility index (Phi) is 7.61. The zero-order valence-corrected chi connectivity index (χ0v) is 16.5. The number of methoxy groups -OCH3 is 1. The van der Waals surface area contributed by atoms with E-state index in [0.717, 1.165) is 12.7 Å². The maximum absolute atomic E-state index is 12.7. The number of rotatable bonds is 8. The van der Waals surface area contributed by atoms with E-state index in [1.54, 1.807) is 30.2 Å². The van der Waals surface area contributed by atoms with Crippen LogP contribution >= 0.6 is 0 Å². The highest BCUT2D eigenvalue weighted by atomic mass is 32.2. The molecule has 1 heterocycles. The summed E-state index contributed by atoms with van der Waals surface area (Å²) in [6, 6.07) is 6.42. The lowest BCUT2D eigenvalue weighted by Gasteiger charge is -2.31. The monoisotopic (exact) mass is 397 g/mol. The fourth-order valence-corrected chi connectivity index (χ4v) is 3.58. The predicted molar refractivity (Wildman–Crippen MR) is 103 cm³/mol. The summed E-state index contributed by atoms with van der Waals surface area (Å²) in [6.07, 6.45) is 3.07. The van der Waals surface area contributed by atoms with Crippen LogP contribution in [0.4, 0.5) is 5.69 Å². The summed E-state index contributed by atoms with van der Waals surface area (Å²) >= 11 is 0. The van der Waals surface area contributed by atoms with Crippen LogP contribution < -0.4 is 10.0 Å². The number of carbonyl (C=O) groups excluding carboxylic acids is 2. The fourth-order valence-electron chi connectivity index (χ4n) is 3.03. The zero-order chi connectivity index (χ0) is 19.9. The summed E-state index contributed by atoms with van der Waals surface area (Å²) in [4.78, 5) is 26.5. The average Bonchev–Trinajstić information content (AvgIpc) is 2.63. The summed E-state index contributed by atoms with van der Waals surface area (Å²) in [5.41, 5.74) is 0.778. The quantitative estimate of drug-likeness (QED) is 0.638. The maximum atomic E-state index is 12.7. The van der Waals surface area contributed by atoms with E-state index in [2.05, 4.69) is 10.0 Å². The maximum Gasteiger partial charge on any atom is 0.253 e. The molecule has 2 amide bonds. The van der Waals surface area contributed by atoms with E-state index in [4.69, 9.17) is 4.74 Å². The number of piperidine rings is 1. The van der Waals surface area contributed by atoms with Gasteiger partial charge in [0.15, 0.2) is 0 Å². The molecule has 0 bridgehead atoms. The van der Waals surface area contributed by atoms with E-state index in [1.807, 2.05) is 0 Å². The first kappa shape index (κ1) is 21.2. The molecule has 1 fully saturated rings. The Balaban J connectivity index is 1.87. The molecule has 0 aliphatic carbocycles. The molecule has 0 unspecified atom stereocenters. The standard InChI is InChI=1S/C18H27N3O5S/c1-26-12-4-9-19-17(22)14-7-10-21(11-8-14)18(23)15-5-3-6-16(13-15)20-27(2,24)25/h3,5-6,13-14,20H,4,7-12H2,1-2H3,(H,19,22). The molecule has 0 atom stereocenters. The van der Waals surface area contributed by atoms with E-state index in [9.17, 15) is 18.0 Å². The second kappa shape index (κ2) is 9.70. The first-order valence-electron chi connectivity index (χ1n) is 8.94. The number of benzene rings is 1. The number of nitrogens with one attached hydrogen (secondary N) is 2. The van der Waals surface area contributed by atoms with Crippen LogP contribution in [0.25, 0.3) is 0 Å². The first-order valence-corrected chi connectivity index (χ1v) is 10.8. The van der Waals surface area contributed by atoms with Crippen molar-refractivity contribution in [2.24, 2.45) is 5.92 Å². The second-order valence-electron chi connectivity index (χ2n) is 6.66. The summed E-state index contributed by atoms with van der Waals surface area (Å²) < 4.78 is 30.0. The molecule has 27 heavy (non-hydrogen) atoms. The van der Waals surface area contributed by atoms with Crippen LogP contribution in [0.15, 0.2) is 24.3 Å². The van der Waals surface area contributed by atoms with Gasteiger partial charge in [0.05, 0.1) is 6.26 Å². The second-order valence-corrected chi connectivity index (χ2v) is 8.41. The van der Waals surface area contributed by atoms with Gasteiger partial charge in [0.25, 0.3) is 5.91 Å². The number of hydrogen-bond donors (Lipinski definition) is 2. The smallest absolute Gasteiger partial charge is 0.253 e. The van der Waals surface area contributed by atoms with Gasteiger partial charge in [-0.3, -0.25) is 14.3 Å². The van der Waals surface area contributed by atoms with Gasteiger partial charge in [-0.05, 0) is 37.5 Å². The van der Waals surface area contributed by atoms with Crippen LogP contribution in [0, 0.1) is 5.92 Å². The molecule has 2 rings (SSSR count). The molecule has 1 aliphatic heterocycles. The Morgan fingerprint density at radius 1 is 1.26 bits per heavy atom. The summed E-state index contributed by atoms with van der Waals surface area (Å²) in [6.45, 7) is 2.20. The van der Waals surface area contributed by atoms with E-state index in [1.165, 1.54) is 6.07 Å². The van der Waals surface area contributed by atoms with Gasteiger partial charge >= 0.3 is 0 Å². The van der Waals surface area contributed by atoms with Crippen LogP contribution in [0.1, 0.15) is 29.6 Å². The number of ether oxygens (including phenoxy) is 1. The molecule has 1 aromatic rings. The topological polar surface area (TPSA) is 105 Å². The van der Waals surface area contributed by atoms with Gasteiger partial charge in [-0.15, -0.1) is 0 Å². The summed E-state index contributed by atoms with van der Waals surface area (Å²) in [7, 11) is -1.77. The van der Waals surface area contributed by atoms with Crippen molar-refractivity contribution in [1.29, 1.82) is 0 Å². The van der Waals surface area contributed by atoms with Crippen molar-refractivity contribution < 1.29 is 22.7 Å². The van der Waals surface area contributed by atoms with E-state index >= 15 is 0 Å². The zero-order valence-electron chi connectivity index (χ0n) is 15.7.